The summed E-state index contributed by atoms with van der Waals surface area (Å²) in [4.78, 5) is 17.4. The molecule has 1 aliphatic heterocycles. The monoisotopic (exact) mass is 232 g/mol. The molecule has 1 saturated heterocycles. The molecule has 17 heavy (non-hydrogen) atoms. The van der Waals surface area contributed by atoms with E-state index >= 15 is 0 Å². The SMILES string of the molecule is O=C(O)c1ccnc(CN2CC3(CCC3)C2)c1. The summed E-state index contributed by atoms with van der Waals surface area (Å²) in [6.45, 7) is 3.10. The summed E-state index contributed by atoms with van der Waals surface area (Å²) in [5.41, 5.74) is 1.80. The van der Waals surface area contributed by atoms with Crippen LogP contribution in [0.25, 0.3) is 0 Å². The van der Waals surface area contributed by atoms with Gasteiger partial charge in [-0.3, -0.25) is 9.88 Å². The highest BCUT2D eigenvalue weighted by molar-refractivity contribution is 5.87. The van der Waals surface area contributed by atoms with E-state index in [4.69, 9.17) is 5.11 Å². The Kier molecular flexibility index (Phi) is 2.40. The molecule has 0 amide bonds. The van der Waals surface area contributed by atoms with Gasteiger partial charge in [0, 0.05) is 25.8 Å². The predicted octanol–water partition coefficient (Wildman–Crippen LogP) is 1.77. The van der Waals surface area contributed by atoms with Crippen LogP contribution < -0.4 is 0 Å². The van der Waals surface area contributed by atoms with Crippen LogP contribution in [0.3, 0.4) is 0 Å². The Morgan fingerprint density at radius 3 is 2.82 bits per heavy atom. The van der Waals surface area contributed by atoms with Crippen LogP contribution in [0.15, 0.2) is 18.3 Å². The molecule has 2 heterocycles. The first-order chi connectivity index (χ1) is 8.17. The second-order valence-electron chi connectivity index (χ2n) is 5.34. The zero-order valence-electron chi connectivity index (χ0n) is 9.72. The highest BCUT2D eigenvalue weighted by Crippen LogP contribution is 2.48. The zero-order valence-corrected chi connectivity index (χ0v) is 9.72. The molecule has 1 N–H and O–H groups in total. The first-order valence-corrected chi connectivity index (χ1v) is 6.08. The van der Waals surface area contributed by atoms with Crippen molar-refractivity contribution in [2.45, 2.75) is 25.8 Å². The lowest BCUT2D eigenvalue weighted by Crippen LogP contribution is -2.59. The van der Waals surface area contributed by atoms with Crippen molar-refractivity contribution in [2.24, 2.45) is 5.41 Å². The third kappa shape index (κ3) is 1.93. The van der Waals surface area contributed by atoms with Crippen molar-refractivity contribution in [2.75, 3.05) is 13.1 Å². The molecule has 0 atom stereocenters. The van der Waals surface area contributed by atoms with Crippen LogP contribution >= 0.6 is 0 Å². The molecule has 1 saturated carbocycles. The van der Waals surface area contributed by atoms with Gasteiger partial charge in [-0.05, 0) is 30.4 Å². The summed E-state index contributed by atoms with van der Waals surface area (Å²) in [6, 6.07) is 3.21. The Hall–Kier alpha value is -1.42. The molecule has 0 aromatic carbocycles. The molecule has 4 heteroatoms. The van der Waals surface area contributed by atoms with E-state index < -0.39 is 5.97 Å². The fourth-order valence-electron chi connectivity index (χ4n) is 2.93. The molecule has 0 unspecified atom stereocenters. The number of carboxylic acid groups (broad SMARTS) is 1. The highest BCUT2D eigenvalue weighted by atomic mass is 16.4. The summed E-state index contributed by atoms with van der Waals surface area (Å²) in [7, 11) is 0. The van der Waals surface area contributed by atoms with Crippen molar-refractivity contribution in [3.63, 3.8) is 0 Å². The van der Waals surface area contributed by atoms with E-state index in [-0.39, 0.29) is 0 Å². The van der Waals surface area contributed by atoms with Crippen molar-refractivity contribution in [3.8, 4) is 0 Å². The maximum atomic E-state index is 10.8. The number of rotatable bonds is 3. The number of aromatic nitrogens is 1. The van der Waals surface area contributed by atoms with Gasteiger partial charge in [0.15, 0.2) is 0 Å². The predicted molar refractivity (Wildman–Crippen MR) is 62.8 cm³/mol. The number of pyridine rings is 1. The van der Waals surface area contributed by atoms with E-state index in [0.717, 1.165) is 25.3 Å². The molecule has 4 nitrogen and oxygen atoms in total. The standard InChI is InChI=1S/C13H16N2O2/c16-12(17)10-2-5-14-11(6-10)7-15-8-13(9-15)3-1-4-13/h2,5-6H,1,3-4,7-9H2,(H,16,17). The molecule has 1 spiro atoms. The van der Waals surface area contributed by atoms with Gasteiger partial charge in [0.2, 0.25) is 0 Å². The van der Waals surface area contributed by atoms with E-state index in [1.165, 1.54) is 25.3 Å². The third-order valence-corrected chi connectivity index (χ3v) is 3.98. The van der Waals surface area contributed by atoms with E-state index in [1.807, 2.05) is 0 Å². The summed E-state index contributed by atoms with van der Waals surface area (Å²) in [5.74, 6) is -0.882. The second kappa shape index (κ2) is 3.81. The minimum atomic E-state index is -0.882. The van der Waals surface area contributed by atoms with Crippen LogP contribution in [0.5, 0.6) is 0 Å². The molecule has 90 valence electrons. The summed E-state index contributed by atoms with van der Waals surface area (Å²) in [6.07, 6.45) is 5.69. The lowest BCUT2D eigenvalue weighted by atomic mass is 9.63. The number of hydrogen-bond acceptors (Lipinski definition) is 3. The van der Waals surface area contributed by atoms with Crippen LogP contribution in [0.2, 0.25) is 0 Å². The number of carboxylic acids is 1. The minimum absolute atomic E-state index is 0.328. The topological polar surface area (TPSA) is 53.4 Å². The van der Waals surface area contributed by atoms with Crippen LogP contribution in [0.4, 0.5) is 0 Å². The normalized spacial score (nSPS) is 21.9. The lowest BCUT2D eigenvalue weighted by Gasteiger charge is -2.56. The second-order valence-corrected chi connectivity index (χ2v) is 5.34. The minimum Gasteiger partial charge on any atom is -0.478 e. The molecule has 3 rings (SSSR count). The van der Waals surface area contributed by atoms with Crippen molar-refractivity contribution in [1.29, 1.82) is 0 Å². The number of hydrogen-bond donors (Lipinski definition) is 1. The van der Waals surface area contributed by atoms with Gasteiger partial charge < -0.3 is 5.11 Å². The van der Waals surface area contributed by atoms with Crippen LogP contribution in [0, 0.1) is 5.41 Å². The molecule has 2 aliphatic rings. The molecule has 1 aromatic heterocycles. The van der Waals surface area contributed by atoms with Gasteiger partial charge in [-0.2, -0.15) is 0 Å². The van der Waals surface area contributed by atoms with Gasteiger partial charge in [-0.1, -0.05) is 6.42 Å². The average Bonchev–Trinajstić information content (AvgIpc) is 2.20. The Morgan fingerprint density at radius 2 is 2.24 bits per heavy atom. The van der Waals surface area contributed by atoms with Gasteiger partial charge >= 0.3 is 5.97 Å². The molecule has 2 fully saturated rings. The molecule has 0 bridgehead atoms. The van der Waals surface area contributed by atoms with Gasteiger partial charge in [0.05, 0.1) is 11.3 Å². The van der Waals surface area contributed by atoms with Gasteiger partial charge in [0.25, 0.3) is 0 Å². The Morgan fingerprint density at radius 1 is 1.47 bits per heavy atom. The van der Waals surface area contributed by atoms with Crippen LogP contribution in [0.1, 0.15) is 35.3 Å². The fraction of sp³-hybridized carbons (Fsp3) is 0.538. The Labute approximate surface area is 100 Å². The van der Waals surface area contributed by atoms with Crippen molar-refractivity contribution in [1.82, 2.24) is 9.88 Å². The van der Waals surface area contributed by atoms with Crippen LogP contribution in [-0.4, -0.2) is 34.0 Å². The van der Waals surface area contributed by atoms with E-state index in [0.29, 0.717) is 11.0 Å². The van der Waals surface area contributed by atoms with Crippen molar-refractivity contribution < 1.29 is 9.90 Å². The van der Waals surface area contributed by atoms with Gasteiger partial charge in [-0.25, -0.2) is 4.79 Å². The zero-order chi connectivity index (χ0) is 11.9. The highest BCUT2D eigenvalue weighted by Gasteiger charge is 2.46. The van der Waals surface area contributed by atoms with E-state index in [2.05, 4.69) is 9.88 Å². The Balaban J connectivity index is 1.62. The number of carbonyl (C=O) groups is 1. The maximum Gasteiger partial charge on any atom is 0.335 e. The largest absolute Gasteiger partial charge is 0.478 e. The first kappa shape index (κ1) is 10.7. The molecule has 0 radical (unpaired) electrons. The van der Waals surface area contributed by atoms with E-state index in [1.54, 1.807) is 12.3 Å². The number of likely N-dealkylation sites (tertiary alicyclic amines) is 1. The van der Waals surface area contributed by atoms with Crippen molar-refractivity contribution in [3.05, 3.63) is 29.6 Å². The Bertz CT molecular complexity index is 446. The number of nitrogens with zero attached hydrogens (tertiary/aromatic N) is 2. The molecule has 1 aromatic rings. The number of aromatic carboxylic acids is 1. The summed E-state index contributed by atoms with van der Waals surface area (Å²) < 4.78 is 0. The van der Waals surface area contributed by atoms with E-state index in [9.17, 15) is 4.79 Å². The molecular formula is C13H16N2O2. The van der Waals surface area contributed by atoms with Crippen molar-refractivity contribution >= 4 is 5.97 Å². The van der Waals surface area contributed by atoms with Crippen LogP contribution in [-0.2, 0) is 6.54 Å². The fourth-order valence-corrected chi connectivity index (χ4v) is 2.93. The summed E-state index contributed by atoms with van der Waals surface area (Å²) >= 11 is 0. The maximum absolute atomic E-state index is 10.8. The average molecular weight is 232 g/mol. The molecular weight excluding hydrogens is 216 g/mol. The van der Waals surface area contributed by atoms with Gasteiger partial charge in [-0.15, -0.1) is 0 Å². The van der Waals surface area contributed by atoms with Gasteiger partial charge in [0.1, 0.15) is 0 Å². The summed E-state index contributed by atoms with van der Waals surface area (Å²) in [5, 5.41) is 8.90. The lowest BCUT2D eigenvalue weighted by molar-refractivity contribution is -0.0650. The third-order valence-electron chi connectivity index (χ3n) is 3.98. The molecule has 1 aliphatic carbocycles. The quantitative estimate of drug-likeness (QED) is 0.862. The first-order valence-electron chi connectivity index (χ1n) is 6.08. The smallest absolute Gasteiger partial charge is 0.335 e.